The predicted octanol–water partition coefficient (Wildman–Crippen LogP) is 21.1. The Morgan fingerprint density at radius 1 is 0.378 bits per heavy atom. The highest BCUT2D eigenvalue weighted by Crippen LogP contribution is 2.18. The second-order valence-electron chi connectivity index (χ2n) is 22.8. The number of hydrogen-bond acceptors (Lipinski definition) is 5. The van der Waals surface area contributed by atoms with Crippen molar-refractivity contribution in [2.75, 3.05) is 13.2 Å². The molecule has 0 spiro atoms. The number of nitrogens with one attached hydrogen (secondary N) is 1. The Morgan fingerprint density at radius 3 is 1.05 bits per heavy atom. The maximum atomic E-state index is 12.5. The minimum absolute atomic E-state index is 0.00262. The Morgan fingerprint density at radius 2 is 0.676 bits per heavy atom. The molecule has 3 N–H and O–H groups in total. The second kappa shape index (κ2) is 63.6. The Labute approximate surface area is 462 Å². The lowest BCUT2D eigenvalue weighted by atomic mass is 10.0. The first-order valence-corrected chi connectivity index (χ1v) is 33.3. The van der Waals surface area contributed by atoms with Gasteiger partial charge in [-0.05, 0) is 64.2 Å². The van der Waals surface area contributed by atoms with E-state index in [0.717, 1.165) is 51.4 Å². The number of ether oxygens (including phenoxy) is 1. The standard InChI is InChI=1S/C68H129NO5/c1-3-5-7-9-11-13-15-17-19-21-22-25-29-32-36-40-44-48-52-56-60-66(71)65(64-70)69-67(72)61-57-53-49-45-41-37-33-30-26-23-24-27-31-35-39-43-47-51-55-59-63-74-68(73)62-58-54-50-46-42-38-34-28-20-18-16-14-12-10-8-6-4-2/h12,14,18,20,56,60,65-66,70-71H,3-11,13,15-17,19,21-55,57-59,61-64H2,1-2H3,(H,69,72)/b14-12-,20-18-,60-56+. The molecule has 0 aliphatic carbocycles. The molecule has 1 amide bonds. The number of rotatable bonds is 62. The Bertz CT molecular complexity index is 1200. The zero-order valence-electron chi connectivity index (χ0n) is 49.8. The first-order chi connectivity index (χ1) is 36.5. The van der Waals surface area contributed by atoms with Crippen LogP contribution < -0.4 is 5.32 Å². The van der Waals surface area contributed by atoms with Gasteiger partial charge in [0.05, 0.1) is 25.4 Å². The fourth-order valence-corrected chi connectivity index (χ4v) is 10.3. The van der Waals surface area contributed by atoms with Gasteiger partial charge < -0.3 is 20.3 Å². The van der Waals surface area contributed by atoms with Crippen molar-refractivity contribution < 1.29 is 24.5 Å². The highest BCUT2D eigenvalue weighted by molar-refractivity contribution is 5.76. The number of allylic oxidation sites excluding steroid dienone is 5. The minimum Gasteiger partial charge on any atom is -0.466 e. The van der Waals surface area contributed by atoms with Crippen molar-refractivity contribution in [2.45, 2.75) is 373 Å². The first kappa shape index (κ1) is 72.1. The van der Waals surface area contributed by atoms with Gasteiger partial charge in [0, 0.05) is 12.8 Å². The summed E-state index contributed by atoms with van der Waals surface area (Å²) in [4.78, 5) is 24.6. The molecule has 0 fully saturated rings. The van der Waals surface area contributed by atoms with Crippen LogP contribution in [0.25, 0.3) is 0 Å². The van der Waals surface area contributed by atoms with E-state index in [1.165, 1.54) is 283 Å². The van der Waals surface area contributed by atoms with Gasteiger partial charge >= 0.3 is 5.97 Å². The van der Waals surface area contributed by atoms with Gasteiger partial charge in [0.15, 0.2) is 0 Å². The van der Waals surface area contributed by atoms with E-state index < -0.39 is 12.1 Å². The van der Waals surface area contributed by atoms with Gasteiger partial charge in [0.1, 0.15) is 0 Å². The Balaban J connectivity index is 3.42. The molecule has 0 aliphatic heterocycles. The molecule has 0 aromatic heterocycles. The van der Waals surface area contributed by atoms with Crippen LogP contribution in [-0.4, -0.2) is 47.4 Å². The third-order valence-electron chi connectivity index (χ3n) is 15.4. The molecule has 74 heavy (non-hydrogen) atoms. The van der Waals surface area contributed by atoms with Crippen LogP contribution in [0.15, 0.2) is 36.5 Å². The summed E-state index contributed by atoms with van der Waals surface area (Å²) < 4.78 is 5.49. The molecule has 0 heterocycles. The number of aliphatic hydroxyl groups is 2. The van der Waals surface area contributed by atoms with Crippen molar-refractivity contribution in [3.63, 3.8) is 0 Å². The summed E-state index contributed by atoms with van der Waals surface area (Å²) in [5.41, 5.74) is 0. The van der Waals surface area contributed by atoms with E-state index in [0.29, 0.717) is 19.4 Å². The maximum absolute atomic E-state index is 12.5. The van der Waals surface area contributed by atoms with Crippen LogP contribution in [-0.2, 0) is 14.3 Å². The van der Waals surface area contributed by atoms with E-state index in [2.05, 4.69) is 43.5 Å². The fourth-order valence-electron chi connectivity index (χ4n) is 10.3. The largest absolute Gasteiger partial charge is 0.466 e. The smallest absolute Gasteiger partial charge is 0.305 e. The maximum Gasteiger partial charge on any atom is 0.305 e. The number of carbonyl (C=O) groups excluding carboxylic acids is 2. The van der Waals surface area contributed by atoms with E-state index in [1.807, 2.05) is 6.08 Å². The summed E-state index contributed by atoms with van der Waals surface area (Å²) in [6.07, 6.45) is 80.5. The summed E-state index contributed by atoms with van der Waals surface area (Å²) in [6, 6.07) is -0.631. The molecule has 2 atom stereocenters. The lowest BCUT2D eigenvalue weighted by molar-refractivity contribution is -0.143. The Hall–Kier alpha value is -1.92. The number of hydrogen-bond donors (Lipinski definition) is 3. The van der Waals surface area contributed by atoms with Crippen LogP contribution >= 0.6 is 0 Å². The van der Waals surface area contributed by atoms with Crippen LogP contribution in [0.3, 0.4) is 0 Å². The summed E-state index contributed by atoms with van der Waals surface area (Å²) in [6.45, 7) is 4.90. The number of esters is 1. The van der Waals surface area contributed by atoms with E-state index in [-0.39, 0.29) is 18.5 Å². The van der Waals surface area contributed by atoms with Crippen molar-refractivity contribution in [1.29, 1.82) is 0 Å². The molecular formula is C68H129NO5. The van der Waals surface area contributed by atoms with Gasteiger partial charge in [-0.1, -0.05) is 320 Å². The van der Waals surface area contributed by atoms with Crippen molar-refractivity contribution in [2.24, 2.45) is 0 Å². The molecule has 0 aliphatic rings. The number of aliphatic hydroxyl groups excluding tert-OH is 2. The summed E-state index contributed by atoms with van der Waals surface area (Å²) in [5, 5.41) is 23.2. The van der Waals surface area contributed by atoms with Crippen molar-refractivity contribution >= 4 is 11.9 Å². The first-order valence-electron chi connectivity index (χ1n) is 33.3. The van der Waals surface area contributed by atoms with Crippen molar-refractivity contribution in [3.05, 3.63) is 36.5 Å². The third-order valence-corrected chi connectivity index (χ3v) is 15.4. The molecule has 0 rings (SSSR count). The molecule has 6 nitrogen and oxygen atoms in total. The number of amides is 1. The third kappa shape index (κ3) is 59.3. The van der Waals surface area contributed by atoms with E-state index >= 15 is 0 Å². The van der Waals surface area contributed by atoms with Crippen LogP contribution in [0.2, 0.25) is 0 Å². The average Bonchev–Trinajstić information content (AvgIpc) is 3.40. The van der Waals surface area contributed by atoms with Crippen molar-refractivity contribution in [1.82, 2.24) is 5.32 Å². The average molecular weight is 1040 g/mol. The zero-order chi connectivity index (χ0) is 53.6. The molecule has 6 heteroatoms. The topological polar surface area (TPSA) is 95.9 Å². The van der Waals surface area contributed by atoms with Gasteiger partial charge in [-0.2, -0.15) is 0 Å². The molecule has 0 aromatic carbocycles. The molecule has 0 radical (unpaired) electrons. The molecule has 0 saturated carbocycles. The number of carbonyl (C=O) groups is 2. The normalized spacial score (nSPS) is 12.8. The van der Waals surface area contributed by atoms with Crippen LogP contribution in [0, 0.1) is 0 Å². The van der Waals surface area contributed by atoms with E-state index in [4.69, 9.17) is 4.74 Å². The SMILES string of the molecule is CCCCC/C=C\C/C=C\CCCCCCCCCC(=O)OCCCCCCCCCCCCCCCCCCCCCCC(=O)NC(CO)C(O)/C=C/CCCCCCCCCCCCCCCCCCCC. The van der Waals surface area contributed by atoms with E-state index in [1.54, 1.807) is 6.08 Å². The summed E-state index contributed by atoms with van der Waals surface area (Å²) in [5.74, 6) is -0.0644. The molecular weight excluding hydrogens is 911 g/mol. The lowest BCUT2D eigenvalue weighted by Gasteiger charge is -2.20. The summed E-state index contributed by atoms with van der Waals surface area (Å²) in [7, 11) is 0. The fraction of sp³-hybridized carbons (Fsp3) is 0.882. The molecule has 0 saturated heterocycles. The van der Waals surface area contributed by atoms with Gasteiger partial charge in [0.2, 0.25) is 5.91 Å². The molecule has 0 aromatic rings. The van der Waals surface area contributed by atoms with Crippen LogP contribution in [0.5, 0.6) is 0 Å². The molecule has 0 bridgehead atoms. The highest BCUT2D eigenvalue weighted by atomic mass is 16.5. The van der Waals surface area contributed by atoms with Gasteiger partial charge in [-0.3, -0.25) is 9.59 Å². The van der Waals surface area contributed by atoms with Gasteiger partial charge in [-0.25, -0.2) is 0 Å². The minimum atomic E-state index is -0.847. The highest BCUT2D eigenvalue weighted by Gasteiger charge is 2.18. The monoisotopic (exact) mass is 1040 g/mol. The number of unbranched alkanes of at least 4 members (excludes halogenated alkanes) is 47. The second-order valence-corrected chi connectivity index (χ2v) is 22.8. The van der Waals surface area contributed by atoms with Crippen LogP contribution in [0.4, 0.5) is 0 Å². The predicted molar refractivity (Wildman–Crippen MR) is 324 cm³/mol. The van der Waals surface area contributed by atoms with Gasteiger partial charge in [-0.15, -0.1) is 0 Å². The van der Waals surface area contributed by atoms with Gasteiger partial charge in [0.25, 0.3) is 0 Å². The zero-order valence-corrected chi connectivity index (χ0v) is 49.8. The lowest BCUT2D eigenvalue weighted by Crippen LogP contribution is -2.45. The quantitative estimate of drug-likeness (QED) is 0.0320. The Kier molecular flexibility index (Phi) is 62.0. The van der Waals surface area contributed by atoms with Crippen LogP contribution in [0.1, 0.15) is 361 Å². The van der Waals surface area contributed by atoms with E-state index in [9.17, 15) is 19.8 Å². The molecule has 2 unspecified atom stereocenters. The van der Waals surface area contributed by atoms with Crippen molar-refractivity contribution in [3.8, 4) is 0 Å². The molecule has 436 valence electrons. The summed E-state index contributed by atoms with van der Waals surface area (Å²) >= 11 is 0.